The number of carbonyl (C=O) groups is 1. The Balaban J connectivity index is 1.78. The van der Waals surface area contributed by atoms with Gasteiger partial charge >= 0.3 is 5.97 Å². The molecule has 2 N–H and O–H groups in total. The summed E-state index contributed by atoms with van der Waals surface area (Å²) in [6, 6.07) is 4.86. The number of nitrogens with one attached hydrogen (secondary N) is 1. The molecule has 3 rings (SSSR count). The predicted octanol–water partition coefficient (Wildman–Crippen LogP) is 2.24. The first-order valence-corrected chi connectivity index (χ1v) is 6.27. The number of hydrogen-bond acceptors (Lipinski definition) is 6. The second kappa shape index (κ2) is 5.20. The zero-order valence-electron chi connectivity index (χ0n) is 11.2. The van der Waals surface area contributed by atoms with Crippen molar-refractivity contribution >= 4 is 23.1 Å². The number of aryl methyl sites for hydroxylation is 1. The van der Waals surface area contributed by atoms with Crippen LogP contribution >= 0.6 is 0 Å². The number of aromatic carboxylic acids is 1. The SMILES string of the molecule is Cc1cnc(CNc2nc3ccc(C(=O)O)cc3o2)cn1. The van der Waals surface area contributed by atoms with Gasteiger partial charge in [0.15, 0.2) is 5.58 Å². The van der Waals surface area contributed by atoms with Gasteiger partial charge in [0.1, 0.15) is 5.52 Å². The van der Waals surface area contributed by atoms with Crippen LogP contribution in [0.5, 0.6) is 0 Å². The van der Waals surface area contributed by atoms with Gasteiger partial charge in [0.25, 0.3) is 6.01 Å². The number of nitrogens with zero attached hydrogens (tertiary/aromatic N) is 3. The Morgan fingerprint density at radius 3 is 2.90 bits per heavy atom. The second-order valence-corrected chi connectivity index (χ2v) is 4.51. The van der Waals surface area contributed by atoms with Crippen LogP contribution < -0.4 is 5.32 Å². The fraction of sp³-hybridized carbons (Fsp3) is 0.143. The number of anilines is 1. The van der Waals surface area contributed by atoms with E-state index in [1.165, 1.54) is 12.1 Å². The highest BCUT2D eigenvalue weighted by molar-refractivity contribution is 5.92. The molecule has 0 aliphatic rings. The van der Waals surface area contributed by atoms with E-state index >= 15 is 0 Å². The highest BCUT2D eigenvalue weighted by atomic mass is 16.4. The van der Waals surface area contributed by atoms with Crippen LogP contribution in [0.15, 0.2) is 35.0 Å². The van der Waals surface area contributed by atoms with Gasteiger partial charge in [-0.3, -0.25) is 9.97 Å². The van der Waals surface area contributed by atoms with E-state index in [0.29, 0.717) is 23.7 Å². The average molecular weight is 284 g/mol. The van der Waals surface area contributed by atoms with Gasteiger partial charge in [-0.25, -0.2) is 4.79 Å². The van der Waals surface area contributed by atoms with Crippen molar-refractivity contribution in [3.63, 3.8) is 0 Å². The zero-order valence-corrected chi connectivity index (χ0v) is 11.2. The van der Waals surface area contributed by atoms with Crippen molar-refractivity contribution in [3.8, 4) is 0 Å². The molecule has 0 aliphatic carbocycles. The molecule has 0 spiro atoms. The minimum Gasteiger partial charge on any atom is -0.478 e. The highest BCUT2D eigenvalue weighted by Crippen LogP contribution is 2.20. The maximum atomic E-state index is 10.9. The third kappa shape index (κ3) is 2.81. The Morgan fingerprint density at radius 2 is 2.19 bits per heavy atom. The number of carboxylic acid groups (broad SMARTS) is 1. The van der Waals surface area contributed by atoms with Crippen molar-refractivity contribution in [1.82, 2.24) is 15.0 Å². The Bertz CT molecular complexity index is 796. The van der Waals surface area contributed by atoms with E-state index in [2.05, 4.69) is 20.3 Å². The Kier molecular flexibility index (Phi) is 3.23. The average Bonchev–Trinajstić information content (AvgIpc) is 2.88. The molecule has 2 heterocycles. The van der Waals surface area contributed by atoms with E-state index in [4.69, 9.17) is 9.52 Å². The summed E-state index contributed by atoms with van der Waals surface area (Å²) in [5.74, 6) is -1.00. The predicted molar refractivity (Wildman–Crippen MR) is 75.1 cm³/mol. The topological polar surface area (TPSA) is 101 Å². The molecule has 0 bridgehead atoms. The molecule has 1 aromatic carbocycles. The first kappa shape index (κ1) is 13.0. The van der Waals surface area contributed by atoms with Crippen molar-refractivity contribution in [3.05, 3.63) is 47.5 Å². The number of hydrogen-bond donors (Lipinski definition) is 2. The van der Waals surface area contributed by atoms with Crippen LogP contribution in [0.3, 0.4) is 0 Å². The minimum atomic E-state index is -1.00. The summed E-state index contributed by atoms with van der Waals surface area (Å²) in [4.78, 5) is 23.5. The van der Waals surface area contributed by atoms with Gasteiger partial charge in [-0.1, -0.05) is 0 Å². The number of benzene rings is 1. The molecule has 21 heavy (non-hydrogen) atoms. The van der Waals surface area contributed by atoms with E-state index in [1.54, 1.807) is 18.5 Å². The van der Waals surface area contributed by atoms with Crippen molar-refractivity contribution in [2.75, 3.05) is 5.32 Å². The monoisotopic (exact) mass is 284 g/mol. The van der Waals surface area contributed by atoms with Crippen molar-refractivity contribution in [2.24, 2.45) is 0 Å². The molecule has 7 nitrogen and oxygen atoms in total. The van der Waals surface area contributed by atoms with Crippen molar-refractivity contribution < 1.29 is 14.3 Å². The van der Waals surface area contributed by atoms with Crippen LogP contribution in [0, 0.1) is 6.92 Å². The van der Waals surface area contributed by atoms with Crippen molar-refractivity contribution in [1.29, 1.82) is 0 Å². The second-order valence-electron chi connectivity index (χ2n) is 4.51. The van der Waals surface area contributed by atoms with Gasteiger partial charge in [0.05, 0.1) is 29.7 Å². The van der Waals surface area contributed by atoms with Crippen LogP contribution in [-0.4, -0.2) is 26.0 Å². The summed E-state index contributed by atoms with van der Waals surface area (Å²) >= 11 is 0. The molecule has 3 aromatic rings. The fourth-order valence-electron chi connectivity index (χ4n) is 1.81. The maximum absolute atomic E-state index is 10.9. The van der Waals surface area contributed by atoms with E-state index < -0.39 is 5.97 Å². The quantitative estimate of drug-likeness (QED) is 0.757. The summed E-state index contributed by atoms with van der Waals surface area (Å²) < 4.78 is 5.47. The van der Waals surface area contributed by atoms with Crippen LogP contribution in [-0.2, 0) is 6.54 Å². The van der Waals surface area contributed by atoms with E-state index in [9.17, 15) is 4.79 Å². The Morgan fingerprint density at radius 1 is 1.33 bits per heavy atom. The standard InChI is InChI=1S/C14H12N4O3/c1-8-5-16-10(6-15-8)7-17-14-18-11-3-2-9(13(19)20)4-12(11)21-14/h2-6H,7H2,1H3,(H,17,18)(H,19,20). The number of fused-ring (bicyclic) bond motifs is 1. The van der Waals surface area contributed by atoms with Gasteiger partial charge in [-0.2, -0.15) is 4.98 Å². The summed E-state index contributed by atoms with van der Waals surface area (Å²) in [5.41, 5.74) is 2.79. The number of oxazole rings is 1. The molecule has 0 saturated carbocycles. The van der Waals surface area contributed by atoms with Crippen LogP contribution in [0.2, 0.25) is 0 Å². The molecule has 106 valence electrons. The highest BCUT2D eigenvalue weighted by Gasteiger charge is 2.09. The molecular weight excluding hydrogens is 272 g/mol. The van der Waals surface area contributed by atoms with Crippen LogP contribution in [0.4, 0.5) is 6.01 Å². The first-order valence-electron chi connectivity index (χ1n) is 6.27. The number of carboxylic acids is 1. The third-order valence-electron chi connectivity index (χ3n) is 2.89. The minimum absolute atomic E-state index is 0.162. The molecule has 0 amide bonds. The van der Waals surface area contributed by atoms with Crippen LogP contribution in [0.25, 0.3) is 11.1 Å². The van der Waals surface area contributed by atoms with E-state index in [-0.39, 0.29) is 5.56 Å². The molecule has 7 heteroatoms. The summed E-state index contributed by atoms with van der Waals surface area (Å²) in [5, 5.41) is 11.9. The number of aromatic nitrogens is 3. The lowest BCUT2D eigenvalue weighted by Crippen LogP contribution is -2.02. The molecule has 0 aliphatic heterocycles. The van der Waals surface area contributed by atoms with Gasteiger partial charge < -0.3 is 14.8 Å². The Hall–Kier alpha value is -2.96. The summed E-state index contributed by atoms with van der Waals surface area (Å²) in [6.45, 7) is 2.29. The van der Waals surface area contributed by atoms with Crippen molar-refractivity contribution in [2.45, 2.75) is 13.5 Å². The molecule has 0 fully saturated rings. The normalized spacial score (nSPS) is 10.7. The first-order chi connectivity index (χ1) is 10.1. The number of rotatable bonds is 4. The van der Waals surface area contributed by atoms with Gasteiger partial charge in [-0.05, 0) is 25.1 Å². The maximum Gasteiger partial charge on any atom is 0.335 e. The molecule has 0 saturated heterocycles. The van der Waals surface area contributed by atoms with Crippen LogP contribution in [0.1, 0.15) is 21.7 Å². The lowest BCUT2D eigenvalue weighted by molar-refractivity contribution is 0.0697. The smallest absolute Gasteiger partial charge is 0.335 e. The van der Waals surface area contributed by atoms with Gasteiger partial charge in [0.2, 0.25) is 0 Å². The van der Waals surface area contributed by atoms with Gasteiger partial charge in [-0.15, -0.1) is 0 Å². The Labute approximate surface area is 119 Å². The molecular formula is C14H12N4O3. The zero-order chi connectivity index (χ0) is 14.8. The van der Waals surface area contributed by atoms with E-state index in [1.807, 2.05) is 6.92 Å². The molecule has 0 unspecified atom stereocenters. The van der Waals surface area contributed by atoms with E-state index in [0.717, 1.165) is 11.4 Å². The third-order valence-corrected chi connectivity index (χ3v) is 2.89. The fourth-order valence-corrected chi connectivity index (χ4v) is 1.81. The summed E-state index contributed by atoms with van der Waals surface area (Å²) in [6.07, 6.45) is 3.36. The molecule has 0 radical (unpaired) electrons. The molecule has 0 atom stereocenters. The lowest BCUT2D eigenvalue weighted by atomic mass is 10.2. The largest absolute Gasteiger partial charge is 0.478 e. The van der Waals surface area contributed by atoms with Gasteiger partial charge in [0, 0.05) is 6.20 Å². The molecule has 2 aromatic heterocycles. The summed E-state index contributed by atoms with van der Waals surface area (Å²) in [7, 11) is 0. The lowest BCUT2D eigenvalue weighted by Gasteiger charge is -2.00.